The predicted octanol–water partition coefficient (Wildman–Crippen LogP) is 1.65. The molecule has 0 spiro atoms. The molecule has 1 amide bonds. The zero-order chi connectivity index (χ0) is 9.68. The molecule has 0 aliphatic heterocycles. The van der Waals surface area contributed by atoms with E-state index in [1.54, 1.807) is 6.07 Å². The molecule has 1 aromatic heterocycles. The summed E-state index contributed by atoms with van der Waals surface area (Å²) in [6, 6.07) is 5.51. The van der Waals surface area contributed by atoms with Crippen LogP contribution in [0.5, 0.6) is 0 Å². The van der Waals surface area contributed by atoms with Gasteiger partial charge >= 0.3 is 0 Å². The molecule has 3 nitrogen and oxygen atoms in total. The van der Waals surface area contributed by atoms with Gasteiger partial charge < -0.3 is 5.32 Å². The smallest absolute Gasteiger partial charge is 0.226 e. The van der Waals surface area contributed by atoms with Gasteiger partial charge in [-0.2, -0.15) is 12.6 Å². The quantitative estimate of drug-likeness (QED) is 0.722. The zero-order valence-electron chi connectivity index (χ0n) is 7.45. The van der Waals surface area contributed by atoms with Crippen molar-refractivity contribution in [3.63, 3.8) is 0 Å². The van der Waals surface area contributed by atoms with Crippen LogP contribution in [0.25, 0.3) is 0 Å². The second kappa shape index (κ2) is 4.87. The Hall–Kier alpha value is -1.03. The van der Waals surface area contributed by atoms with Crippen molar-refractivity contribution in [2.75, 3.05) is 11.1 Å². The van der Waals surface area contributed by atoms with Crippen LogP contribution in [0.4, 0.5) is 5.82 Å². The Bertz CT molecular complexity index is 301. The number of aromatic nitrogens is 1. The minimum Gasteiger partial charge on any atom is -0.311 e. The largest absolute Gasteiger partial charge is 0.311 e. The van der Waals surface area contributed by atoms with Crippen molar-refractivity contribution in [3.8, 4) is 0 Å². The van der Waals surface area contributed by atoms with Crippen LogP contribution in [0, 0.1) is 6.92 Å². The van der Waals surface area contributed by atoms with Crippen LogP contribution in [0.15, 0.2) is 18.2 Å². The molecule has 0 aliphatic carbocycles. The third kappa shape index (κ3) is 3.46. The molecule has 1 N–H and O–H groups in total. The summed E-state index contributed by atoms with van der Waals surface area (Å²) < 4.78 is 0. The SMILES string of the molecule is Cc1cccc(NC(=O)CCS)n1. The number of amides is 1. The highest BCUT2D eigenvalue weighted by molar-refractivity contribution is 7.80. The fourth-order valence-electron chi connectivity index (χ4n) is 0.920. The summed E-state index contributed by atoms with van der Waals surface area (Å²) in [6.07, 6.45) is 0.415. The molecule has 0 radical (unpaired) electrons. The highest BCUT2D eigenvalue weighted by atomic mass is 32.1. The van der Waals surface area contributed by atoms with Crippen LogP contribution in [0.3, 0.4) is 0 Å². The third-order valence-electron chi connectivity index (χ3n) is 1.49. The lowest BCUT2D eigenvalue weighted by atomic mass is 10.3. The van der Waals surface area contributed by atoms with Gasteiger partial charge in [-0.15, -0.1) is 0 Å². The van der Waals surface area contributed by atoms with Crippen molar-refractivity contribution in [3.05, 3.63) is 23.9 Å². The van der Waals surface area contributed by atoms with Crippen molar-refractivity contribution in [1.29, 1.82) is 0 Å². The first-order valence-corrected chi connectivity index (χ1v) is 4.70. The Morgan fingerprint density at radius 2 is 2.38 bits per heavy atom. The van der Waals surface area contributed by atoms with Gasteiger partial charge in [0.15, 0.2) is 0 Å². The van der Waals surface area contributed by atoms with Gasteiger partial charge in [0.1, 0.15) is 5.82 Å². The third-order valence-corrected chi connectivity index (χ3v) is 1.72. The molecule has 0 unspecified atom stereocenters. The Morgan fingerprint density at radius 3 is 3.00 bits per heavy atom. The Morgan fingerprint density at radius 1 is 1.62 bits per heavy atom. The number of pyridine rings is 1. The fraction of sp³-hybridized carbons (Fsp3) is 0.333. The summed E-state index contributed by atoms with van der Waals surface area (Å²) in [4.78, 5) is 15.3. The Kier molecular flexibility index (Phi) is 3.76. The van der Waals surface area contributed by atoms with Crippen molar-refractivity contribution in [1.82, 2.24) is 4.98 Å². The maximum atomic E-state index is 11.1. The zero-order valence-corrected chi connectivity index (χ0v) is 8.34. The lowest BCUT2D eigenvalue weighted by Gasteiger charge is -2.02. The number of thiol groups is 1. The van der Waals surface area contributed by atoms with Gasteiger partial charge in [-0.05, 0) is 24.8 Å². The molecule has 0 aromatic carbocycles. The van der Waals surface area contributed by atoms with Crippen LogP contribution in [0.1, 0.15) is 12.1 Å². The number of rotatable bonds is 3. The summed E-state index contributed by atoms with van der Waals surface area (Å²) in [6.45, 7) is 1.88. The molecule has 0 bridgehead atoms. The number of anilines is 1. The molecule has 1 aromatic rings. The molecule has 0 saturated heterocycles. The van der Waals surface area contributed by atoms with Gasteiger partial charge in [0.25, 0.3) is 0 Å². The molecular formula is C9H12N2OS. The molecule has 0 atom stereocenters. The monoisotopic (exact) mass is 196 g/mol. The van der Waals surface area contributed by atoms with E-state index in [-0.39, 0.29) is 5.91 Å². The van der Waals surface area contributed by atoms with E-state index in [4.69, 9.17) is 0 Å². The molecule has 1 rings (SSSR count). The van der Waals surface area contributed by atoms with Crippen LogP contribution in [0.2, 0.25) is 0 Å². The maximum absolute atomic E-state index is 11.1. The number of nitrogens with one attached hydrogen (secondary N) is 1. The van der Waals surface area contributed by atoms with E-state index >= 15 is 0 Å². The molecule has 13 heavy (non-hydrogen) atoms. The van der Waals surface area contributed by atoms with Gasteiger partial charge in [0.05, 0.1) is 0 Å². The summed E-state index contributed by atoms with van der Waals surface area (Å²) in [5, 5.41) is 2.68. The van der Waals surface area contributed by atoms with Gasteiger partial charge in [0.2, 0.25) is 5.91 Å². The van der Waals surface area contributed by atoms with Gasteiger partial charge in [-0.25, -0.2) is 4.98 Å². The predicted molar refractivity (Wildman–Crippen MR) is 56.1 cm³/mol. The molecule has 0 saturated carbocycles. The van der Waals surface area contributed by atoms with E-state index in [0.29, 0.717) is 18.0 Å². The standard InChI is InChI=1S/C9H12N2OS/c1-7-3-2-4-8(10-7)11-9(12)5-6-13/h2-4,13H,5-6H2,1H3,(H,10,11,12). The summed E-state index contributed by atoms with van der Waals surface area (Å²) >= 11 is 3.97. The number of carbonyl (C=O) groups excluding carboxylic acids is 1. The number of aryl methyl sites for hydroxylation is 1. The van der Waals surface area contributed by atoms with E-state index in [9.17, 15) is 4.79 Å². The molecule has 4 heteroatoms. The average molecular weight is 196 g/mol. The van der Waals surface area contributed by atoms with Crippen molar-refractivity contribution < 1.29 is 4.79 Å². The minimum atomic E-state index is -0.0481. The van der Waals surface area contributed by atoms with Gasteiger partial charge in [-0.3, -0.25) is 4.79 Å². The average Bonchev–Trinajstić information content (AvgIpc) is 2.04. The first kappa shape index (κ1) is 10.1. The van der Waals surface area contributed by atoms with Crippen molar-refractivity contribution in [2.45, 2.75) is 13.3 Å². The van der Waals surface area contributed by atoms with E-state index < -0.39 is 0 Å². The molecular weight excluding hydrogens is 184 g/mol. The van der Waals surface area contributed by atoms with Crippen LogP contribution in [-0.2, 0) is 4.79 Å². The van der Waals surface area contributed by atoms with Crippen LogP contribution < -0.4 is 5.32 Å². The lowest BCUT2D eigenvalue weighted by Crippen LogP contribution is -2.12. The topological polar surface area (TPSA) is 42.0 Å². The van der Waals surface area contributed by atoms with E-state index in [1.807, 2.05) is 19.1 Å². The molecule has 70 valence electrons. The number of carbonyl (C=O) groups is 1. The fourth-order valence-corrected chi connectivity index (χ4v) is 1.12. The summed E-state index contributed by atoms with van der Waals surface area (Å²) in [5.74, 6) is 1.11. The highest BCUT2D eigenvalue weighted by Crippen LogP contribution is 2.04. The van der Waals surface area contributed by atoms with Gasteiger partial charge in [-0.1, -0.05) is 6.07 Å². The number of hydrogen-bond donors (Lipinski definition) is 2. The van der Waals surface area contributed by atoms with Gasteiger partial charge in [0, 0.05) is 12.1 Å². The molecule has 0 aliphatic rings. The van der Waals surface area contributed by atoms with E-state index in [1.165, 1.54) is 0 Å². The highest BCUT2D eigenvalue weighted by Gasteiger charge is 2.00. The second-order valence-corrected chi connectivity index (χ2v) is 3.13. The number of hydrogen-bond acceptors (Lipinski definition) is 3. The first-order valence-electron chi connectivity index (χ1n) is 4.07. The van der Waals surface area contributed by atoms with Crippen LogP contribution in [-0.4, -0.2) is 16.6 Å². The molecule has 1 heterocycles. The number of nitrogens with zero attached hydrogens (tertiary/aromatic N) is 1. The maximum Gasteiger partial charge on any atom is 0.226 e. The first-order chi connectivity index (χ1) is 6.22. The van der Waals surface area contributed by atoms with E-state index in [2.05, 4.69) is 22.9 Å². The van der Waals surface area contributed by atoms with Crippen molar-refractivity contribution in [2.24, 2.45) is 0 Å². The lowest BCUT2D eigenvalue weighted by molar-refractivity contribution is -0.115. The second-order valence-electron chi connectivity index (χ2n) is 2.69. The summed E-state index contributed by atoms with van der Waals surface area (Å²) in [5.41, 5.74) is 0.892. The van der Waals surface area contributed by atoms with Crippen molar-refractivity contribution >= 4 is 24.4 Å². The normalized spacial score (nSPS) is 9.69. The minimum absolute atomic E-state index is 0.0481. The van der Waals surface area contributed by atoms with E-state index in [0.717, 1.165) is 5.69 Å². The van der Waals surface area contributed by atoms with Crippen LogP contribution >= 0.6 is 12.6 Å². The summed E-state index contributed by atoms with van der Waals surface area (Å²) in [7, 11) is 0. The Balaban J connectivity index is 2.58. The molecule has 0 fully saturated rings. The Labute approximate surface area is 83.0 Å².